The first-order chi connectivity index (χ1) is 6.60. The van der Waals surface area contributed by atoms with E-state index in [-0.39, 0.29) is 17.1 Å². The molecule has 1 heterocycles. The summed E-state index contributed by atoms with van der Waals surface area (Å²) in [5.74, 6) is 0.170. The van der Waals surface area contributed by atoms with Crippen molar-refractivity contribution in [3.63, 3.8) is 0 Å². The fourth-order valence-corrected chi connectivity index (χ4v) is 1.12. The Labute approximate surface area is 79.9 Å². The molecule has 0 spiro atoms. The predicted octanol–water partition coefficient (Wildman–Crippen LogP) is 2.21. The van der Waals surface area contributed by atoms with Crippen molar-refractivity contribution in [1.82, 2.24) is 4.98 Å². The molecule has 1 aromatic rings. The Morgan fingerprint density at radius 2 is 2.21 bits per heavy atom. The number of alkyl halides is 2. The van der Waals surface area contributed by atoms with E-state index in [9.17, 15) is 8.78 Å². The zero-order chi connectivity index (χ0) is 10.7. The third-order valence-corrected chi connectivity index (χ3v) is 1.78. The number of halogens is 2. The van der Waals surface area contributed by atoms with Gasteiger partial charge >= 0.3 is 0 Å². The SMILES string of the molecule is COc1cc(C)c(C(F)F)c(C#N)n1. The highest BCUT2D eigenvalue weighted by molar-refractivity contribution is 5.41. The minimum absolute atomic E-state index is 0.170. The van der Waals surface area contributed by atoms with Crippen molar-refractivity contribution in [2.45, 2.75) is 13.3 Å². The monoisotopic (exact) mass is 198 g/mol. The minimum Gasteiger partial charge on any atom is -0.481 e. The molecule has 1 aromatic heterocycles. The summed E-state index contributed by atoms with van der Waals surface area (Å²) < 4.78 is 29.7. The van der Waals surface area contributed by atoms with Gasteiger partial charge in [-0.3, -0.25) is 0 Å². The normalized spacial score (nSPS) is 10.0. The summed E-state index contributed by atoms with van der Waals surface area (Å²) in [6.07, 6.45) is -2.69. The molecule has 0 bridgehead atoms. The van der Waals surface area contributed by atoms with Crippen LogP contribution in [0.2, 0.25) is 0 Å². The van der Waals surface area contributed by atoms with Crippen molar-refractivity contribution in [2.24, 2.45) is 0 Å². The molecule has 0 N–H and O–H groups in total. The highest BCUT2D eigenvalue weighted by atomic mass is 19.3. The van der Waals surface area contributed by atoms with Gasteiger partial charge in [-0.15, -0.1) is 0 Å². The number of methoxy groups -OCH3 is 1. The van der Waals surface area contributed by atoms with Gasteiger partial charge in [0.05, 0.1) is 12.7 Å². The van der Waals surface area contributed by atoms with Crippen LogP contribution in [-0.2, 0) is 0 Å². The molecule has 0 aliphatic carbocycles. The molecule has 0 fully saturated rings. The molecule has 0 atom stereocenters. The minimum atomic E-state index is -2.69. The maximum Gasteiger partial charge on any atom is 0.266 e. The van der Waals surface area contributed by atoms with Crippen LogP contribution in [0.15, 0.2) is 6.07 Å². The van der Waals surface area contributed by atoms with Crippen molar-refractivity contribution in [3.8, 4) is 11.9 Å². The number of hydrogen-bond acceptors (Lipinski definition) is 3. The molecule has 0 amide bonds. The number of aromatic nitrogens is 1. The molecule has 5 heteroatoms. The van der Waals surface area contributed by atoms with E-state index in [0.29, 0.717) is 5.56 Å². The molecular weight excluding hydrogens is 190 g/mol. The average Bonchev–Trinajstić information content (AvgIpc) is 2.15. The number of hydrogen-bond donors (Lipinski definition) is 0. The van der Waals surface area contributed by atoms with Crippen molar-refractivity contribution < 1.29 is 13.5 Å². The van der Waals surface area contributed by atoms with Crippen molar-refractivity contribution in [3.05, 3.63) is 22.9 Å². The third-order valence-electron chi connectivity index (χ3n) is 1.78. The van der Waals surface area contributed by atoms with Gasteiger partial charge in [-0.25, -0.2) is 13.8 Å². The Hall–Kier alpha value is -1.70. The number of nitriles is 1. The summed E-state index contributed by atoms with van der Waals surface area (Å²) in [4.78, 5) is 3.63. The highest BCUT2D eigenvalue weighted by Gasteiger charge is 2.18. The number of nitrogens with zero attached hydrogens (tertiary/aromatic N) is 2. The molecule has 0 aliphatic rings. The van der Waals surface area contributed by atoms with Crippen molar-refractivity contribution in [1.29, 1.82) is 5.26 Å². The Morgan fingerprint density at radius 1 is 1.57 bits per heavy atom. The first kappa shape index (κ1) is 10.4. The van der Waals surface area contributed by atoms with Gasteiger partial charge in [-0.05, 0) is 12.5 Å². The summed E-state index contributed by atoms with van der Waals surface area (Å²) in [5.41, 5.74) is -0.298. The Morgan fingerprint density at radius 3 is 2.64 bits per heavy atom. The lowest BCUT2D eigenvalue weighted by Gasteiger charge is -2.07. The molecule has 3 nitrogen and oxygen atoms in total. The van der Waals surface area contributed by atoms with Crippen LogP contribution < -0.4 is 4.74 Å². The van der Waals surface area contributed by atoms with Gasteiger partial charge in [-0.1, -0.05) is 0 Å². The van der Waals surface area contributed by atoms with E-state index in [1.165, 1.54) is 20.1 Å². The number of aryl methyl sites for hydroxylation is 1. The van der Waals surface area contributed by atoms with E-state index in [1.807, 2.05) is 0 Å². The predicted molar refractivity (Wildman–Crippen MR) is 45.2 cm³/mol. The Kier molecular flexibility index (Phi) is 2.97. The third kappa shape index (κ3) is 1.79. The first-order valence-corrected chi connectivity index (χ1v) is 3.84. The van der Waals surface area contributed by atoms with Gasteiger partial charge < -0.3 is 4.74 Å². The van der Waals surface area contributed by atoms with E-state index < -0.39 is 6.43 Å². The number of pyridine rings is 1. The van der Waals surface area contributed by atoms with Crippen LogP contribution in [0, 0.1) is 18.3 Å². The second-order valence-electron chi connectivity index (χ2n) is 2.66. The molecule has 0 saturated heterocycles. The van der Waals surface area contributed by atoms with Crippen molar-refractivity contribution >= 4 is 0 Å². The summed E-state index contributed by atoms with van der Waals surface area (Å²) >= 11 is 0. The van der Waals surface area contributed by atoms with Crippen LogP contribution in [0.5, 0.6) is 5.88 Å². The quantitative estimate of drug-likeness (QED) is 0.731. The maximum absolute atomic E-state index is 12.5. The molecule has 0 aliphatic heterocycles. The zero-order valence-corrected chi connectivity index (χ0v) is 7.71. The lowest BCUT2D eigenvalue weighted by atomic mass is 10.1. The van der Waals surface area contributed by atoms with E-state index in [0.717, 1.165) is 0 Å². The molecule has 74 valence electrons. The smallest absolute Gasteiger partial charge is 0.266 e. The van der Waals surface area contributed by atoms with Gasteiger partial charge in [0, 0.05) is 6.07 Å². The molecule has 0 saturated carbocycles. The van der Waals surface area contributed by atoms with E-state index >= 15 is 0 Å². The number of rotatable bonds is 2. The largest absolute Gasteiger partial charge is 0.481 e. The fraction of sp³-hybridized carbons (Fsp3) is 0.333. The summed E-state index contributed by atoms with van der Waals surface area (Å²) in [6, 6.07) is 3.00. The summed E-state index contributed by atoms with van der Waals surface area (Å²) in [7, 11) is 1.37. The van der Waals surface area contributed by atoms with Crippen LogP contribution in [0.25, 0.3) is 0 Å². The second kappa shape index (κ2) is 4.01. The Bertz CT molecular complexity index is 385. The lowest BCUT2D eigenvalue weighted by molar-refractivity contribution is 0.149. The second-order valence-corrected chi connectivity index (χ2v) is 2.66. The van der Waals surface area contributed by atoms with E-state index in [2.05, 4.69) is 4.98 Å². The fourth-order valence-electron chi connectivity index (χ4n) is 1.12. The van der Waals surface area contributed by atoms with Crippen LogP contribution in [0.3, 0.4) is 0 Å². The van der Waals surface area contributed by atoms with Gasteiger partial charge in [0.1, 0.15) is 6.07 Å². The van der Waals surface area contributed by atoms with E-state index in [4.69, 9.17) is 10.00 Å². The summed E-state index contributed by atoms with van der Waals surface area (Å²) in [6.45, 7) is 1.49. The molecule has 0 unspecified atom stereocenters. The molecule has 0 radical (unpaired) electrons. The standard InChI is InChI=1S/C9H8F2N2O/c1-5-3-7(14-2)13-6(4-12)8(5)9(10)11/h3,9H,1-2H3. The lowest BCUT2D eigenvalue weighted by Crippen LogP contribution is -2.00. The Balaban J connectivity index is 3.37. The molecule has 14 heavy (non-hydrogen) atoms. The molecular formula is C9H8F2N2O. The van der Waals surface area contributed by atoms with Crippen LogP contribution >= 0.6 is 0 Å². The topological polar surface area (TPSA) is 45.9 Å². The van der Waals surface area contributed by atoms with Crippen LogP contribution in [0.1, 0.15) is 23.2 Å². The number of ether oxygens (including phenoxy) is 1. The van der Waals surface area contributed by atoms with Gasteiger partial charge in [0.15, 0.2) is 5.69 Å². The zero-order valence-electron chi connectivity index (χ0n) is 7.71. The van der Waals surface area contributed by atoms with E-state index in [1.54, 1.807) is 6.07 Å². The first-order valence-electron chi connectivity index (χ1n) is 3.84. The molecule has 0 aromatic carbocycles. The highest BCUT2D eigenvalue weighted by Crippen LogP contribution is 2.27. The van der Waals surface area contributed by atoms with Gasteiger partial charge in [0.2, 0.25) is 5.88 Å². The molecule has 1 rings (SSSR count). The van der Waals surface area contributed by atoms with Crippen molar-refractivity contribution in [2.75, 3.05) is 7.11 Å². The maximum atomic E-state index is 12.5. The summed E-state index contributed by atoms with van der Waals surface area (Å²) in [5, 5.41) is 8.61. The van der Waals surface area contributed by atoms with Crippen LogP contribution in [-0.4, -0.2) is 12.1 Å². The van der Waals surface area contributed by atoms with Gasteiger partial charge in [0.25, 0.3) is 6.43 Å². The average molecular weight is 198 g/mol. The van der Waals surface area contributed by atoms with Gasteiger partial charge in [-0.2, -0.15) is 5.26 Å². The van der Waals surface area contributed by atoms with Crippen LogP contribution in [0.4, 0.5) is 8.78 Å².